The van der Waals surface area contributed by atoms with E-state index in [0.717, 1.165) is 5.69 Å². The zero-order valence-corrected chi connectivity index (χ0v) is 15.1. The number of aromatic nitrogens is 2. The van der Waals surface area contributed by atoms with Gasteiger partial charge in [0.05, 0.1) is 36.6 Å². The van der Waals surface area contributed by atoms with Crippen LogP contribution in [-0.2, 0) is 18.4 Å². The number of nitrogens with one attached hydrogen (secondary N) is 1. The number of hydrogen-bond acceptors (Lipinski definition) is 6. The van der Waals surface area contributed by atoms with E-state index < -0.39 is 12.1 Å². The Morgan fingerprint density at radius 3 is 2.96 bits per heavy atom. The number of ether oxygens (including phenoxy) is 2. The molecule has 1 aliphatic rings. The summed E-state index contributed by atoms with van der Waals surface area (Å²) in [5.74, 6) is 0.840. The predicted octanol–water partition coefficient (Wildman–Crippen LogP) is 1.54. The highest BCUT2D eigenvalue weighted by Gasteiger charge is 2.29. The molecular formula is C19H21N3O5. The van der Waals surface area contributed by atoms with E-state index in [2.05, 4.69) is 10.4 Å². The fraction of sp³-hybridized carbons (Fsp3) is 0.368. The van der Waals surface area contributed by atoms with Crippen molar-refractivity contribution in [2.24, 2.45) is 7.05 Å². The van der Waals surface area contributed by atoms with Crippen molar-refractivity contribution in [3.63, 3.8) is 0 Å². The molecule has 0 radical (unpaired) electrons. The molecule has 0 saturated carbocycles. The maximum atomic E-state index is 12.8. The van der Waals surface area contributed by atoms with Crippen molar-refractivity contribution in [2.75, 3.05) is 13.2 Å². The number of benzene rings is 1. The lowest BCUT2D eigenvalue weighted by atomic mass is 10.1. The number of aryl methyl sites for hydroxylation is 2. The van der Waals surface area contributed by atoms with E-state index in [0.29, 0.717) is 41.3 Å². The molecule has 1 aliphatic heterocycles. The van der Waals surface area contributed by atoms with Crippen LogP contribution in [0.5, 0.6) is 5.75 Å². The van der Waals surface area contributed by atoms with Gasteiger partial charge in [0, 0.05) is 18.6 Å². The SMILES string of the molecule is Cc1oc2ccc(OCc3ccnn3C)cc2c1C(=O)NC1COC[C@H]1O. The number of fused-ring (bicyclic) bond motifs is 1. The van der Waals surface area contributed by atoms with E-state index in [4.69, 9.17) is 13.9 Å². The van der Waals surface area contributed by atoms with Gasteiger partial charge in [-0.25, -0.2) is 0 Å². The second kappa shape index (κ2) is 7.05. The third-order valence-corrected chi connectivity index (χ3v) is 4.74. The van der Waals surface area contributed by atoms with Gasteiger partial charge >= 0.3 is 0 Å². The molecule has 8 heteroatoms. The summed E-state index contributed by atoms with van der Waals surface area (Å²) >= 11 is 0. The average molecular weight is 371 g/mol. The fourth-order valence-corrected chi connectivity index (χ4v) is 3.19. The fourth-order valence-electron chi connectivity index (χ4n) is 3.19. The van der Waals surface area contributed by atoms with Crippen LogP contribution in [0.1, 0.15) is 21.8 Å². The zero-order chi connectivity index (χ0) is 19.0. The standard InChI is InChI=1S/C19H21N3O5/c1-11-18(19(24)21-15-9-25-10-16(15)23)14-7-13(3-4-17(14)27-11)26-8-12-5-6-20-22(12)2/h3-7,15-16,23H,8-10H2,1-2H3,(H,21,24)/t15?,16-/m1/s1. The minimum Gasteiger partial charge on any atom is -0.487 e. The number of rotatable bonds is 5. The van der Waals surface area contributed by atoms with Crippen LogP contribution < -0.4 is 10.1 Å². The number of carbonyl (C=O) groups is 1. The molecule has 3 aromatic rings. The first-order valence-electron chi connectivity index (χ1n) is 8.72. The van der Waals surface area contributed by atoms with Crippen molar-refractivity contribution < 1.29 is 23.8 Å². The lowest BCUT2D eigenvalue weighted by Crippen LogP contribution is -2.42. The molecule has 0 bridgehead atoms. The number of furan rings is 1. The second-order valence-corrected chi connectivity index (χ2v) is 6.61. The van der Waals surface area contributed by atoms with Crippen LogP contribution >= 0.6 is 0 Å². The van der Waals surface area contributed by atoms with Gasteiger partial charge in [0.25, 0.3) is 5.91 Å². The third kappa shape index (κ3) is 3.41. The molecule has 1 unspecified atom stereocenters. The lowest BCUT2D eigenvalue weighted by molar-refractivity contribution is 0.0886. The van der Waals surface area contributed by atoms with Gasteiger partial charge < -0.3 is 24.3 Å². The van der Waals surface area contributed by atoms with Crippen LogP contribution in [0.15, 0.2) is 34.9 Å². The molecule has 2 N–H and O–H groups in total. The minimum atomic E-state index is -0.704. The number of amides is 1. The van der Waals surface area contributed by atoms with Crippen LogP contribution in [0.4, 0.5) is 0 Å². The van der Waals surface area contributed by atoms with Gasteiger partial charge in [-0.1, -0.05) is 0 Å². The highest BCUT2D eigenvalue weighted by atomic mass is 16.5. The van der Waals surface area contributed by atoms with Crippen LogP contribution in [0.25, 0.3) is 11.0 Å². The Labute approximate surface area is 155 Å². The van der Waals surface area contributed by atoms with E-state index in [-0.39, 0.29) is 12.5 Å². The van der Waals surface area contributed by atoms with Crippen molar-refractivity contribution in [1.29, 1.82) is 0 Å². The molecule has 0 spiro atoms. The summed E-state index contributed by atoms with van der Waals surface area (Å²) in [6.45, 7) is 2.63. The minimum absolute atomic E-state index is 0.224. The molecule has 8 nitrogen and oxygen atoms in total. The first kappa shape index (κ1) is 17.6. The quantitative estimate of drug-likeness (QED) is 0.706. The molecule has 1 fully saturated rings. The molecule has 1 aromatic carbocycles. The molecule has 2 atom stereocenters. The number of nitrogens with zero attached hydrogens (tertiary/aromatic N) is 2. The molecule has 1 amide bonds. The highest BCUT2D eigenvalue weighted by molar-refractivity contribution is 6.07. The van der Waals surface area contributed by atoms with E-state index in [1.807, 2.05) is 13.1 Å². The number of carbonyl (C=O) groups excluding carboxylic acids is 1. The monoisotopic (exact) mass is 371 g/mol. The summed E-state index contributed by atoms with van der Waals surface area (Å²) in [4.78, 5) is 12.8. The Morgan fingerprint density at radius 2 is 2.26 bits per heavy atom. The van der Waals surface area contributed by atoms with Crippen molar-refractivity contribution in [1.82, 2.24) is 15.1 Å². The Morgan fingerprint density at radius 1 is 1.41 bits per heavy atom. The van der Waals surface area contributed by atoms with E-state index in [1.165, 1.54) is 0 Å². The van der Waals surface area contributed by atoms with Crippen molar-refractivity contribution in [2.45, 2.75) is 25.7 Å². The van der Waals surface area contributed by atoms with E-state index in [1.54, 1.807) is 36.0 Å². The van der Waals surface area contributed by atoms with Crippen molar-refractivity contribution in [3.05, 3.63) is 47.5 Å². The van der Waals surface area contributed by atoms with Crippen LogP contribution in [-0.4, -0.2) is 46.2 Å². The van der Waals surface area contributed by atoms with Crippen LogP contribution in [0, 0.1) is 6.92 Å². The number of aliphatic hydroxyl groups is 1. The van der Waals surface area contributed by atoms with Crippen molar-refractivity contribution >= 4 is 16.9 Å². The van der Waals surface area contributed by atoms with Crippen LogP contribution in [0.3, 0.4) is 0 Å². The van der Waals surface area contributed by atoms with Gasteiger partial charge in [-0.2, -0.15) is 5.10 Å². The van der Waals surface area contributed by atoms with Crippen molar-refractivity contribution in [3.8, 4) is 5.75 Å². The summed E-state index contributed by atoms with van der Waals surface area (Å²) in [5.41, 5.74) is 1.98. The highest BCUT2D eigenvalue weighted by Crippen LogP contribution is 2.29. The van der Waals surface area contributed by atoms with E-state index >= 15 is 0 Å². The lowest BCUT2D eigenvalue weighted by Gasteiger charge is -2.14. The largest absolute Gasteiger partial charge is 0.487 e. The van der Waals surface area contributed by atoms with E-state index in [9.17, 15) is 9.90 Å². The van der Waals surface area contributed by atoms with Crippen LogP contribution in [0.2, 0.25) is 0 Å². The van der Waals surface area contributed by atoms with Gasteiger partial charge in [0.15, 0.2) is 0 Å². The van der Waals surface area contributed by atoms with Gasteiger partial charge in [-0.15, -0.1) is 0 Å². The number of aliphatic hydroxyl groups excluding tert-OH is 1. The average Bonchev–Trinajstić information content (AvgIpc) is 3.31. The topological polar surface area (TPSA) is 98.8 Å². The molecular weight excluding hydrogens is 350 g/mol. The maximum absolute atomic E-state index is 12.8. The summed E-state index contributed by atoms with van der Waals surface area (Å²) in [6, 6.07) is 6.84. The summed E-state index contributed by atoms with van der Waals surface area (Å²) in [5, 5.41) is 17.5. The summed E-state index contributed by atoms with van der Waals surface area (Å²) in [7, 11) is 1.85. The Kier molecular flexibility index (Phi) is 4.59. The predicted molar refractivity (Wildman–Crippen MR) is 96.6 cm³/mol. The molecule has 0 aliphatic carbocycles. The molecule has 142 valence electrons. The molecule has 3 heterocycles. The summed E-state index contributed by atoms with van der Waals surface area (Å²) in [6.07, 6.45) is 1.01. The smallest absolute Gasteiger partial charge is 0.255 e. The van der Waals surface area contributed by atoms with Gasteiger partial charge in [0.2, 0.25) is 0 Å². The normalized spacial score (nSPS) is 19.5. The first-order chi connectivity index (χ1) is 13.0. The Balaban J connectivity index is 1.57. The number of hydrogen-bond donors (Lipinski definition) is 2. The van der Waals surface area contributed by atoms with Gasteiger partial charge in [-0.3, -0.25) is 9.48 Å². The first-order valence-corrected chi connectivity index (χ1v) is 8.72. The molecule has 4 rings (SSSR count). The second-order valence-electron chi connectivity index (χ2n) is 6.61. The van der Waals surface area contributed by atoms with Gasteiger partial charge in [-0.05, 0) is 31.2 Å². The molecule has 1 saturated heterocycles. The Bertz CT molecular complexity index is 977. The van der Waals surface area contributed by atoms with Gasteiger partial charge in [0.1, 0.15) is 23.7 Å². The third-order valence-electron chi connectivity index (χ3n) is 4.74. The molecule has 27 heavy (non-hydrogen) atoms. The summed E-state index contributed by atoms with van der Waals surface area (Å²) < 4.78 is 18.5. The Hall–Kier alpha value is -2.84. The molecule has 2 aromatic heterocycles. The maximum Gasteiger partial charge on any atom is 0.255 e. The zero-order valence-electron chi connectivity index (χ0n) is 15.1.